The topological polar surface area (TPSA) is 175 Å². The fraction of sp³-hybridized carbons (Fsp3) is 0.522. The molecule has 1 aliphatic carbocycles. The first-order valence-corrected chi connectivity index (χ1v) is 11.3. The number of aromatic nitrogens is 1. The van der Waals surface area contributed by atoms with Gasteiger partial charge in [-0.15, -0.1) is 0 Å². The number of amides is 2. The minimum Gasteiger partial charge on any atom is -0.479 e. The molecule has 7 N–H and O–H groups in total. The first kappa shape index (κ1) is 25.5. The van der Waals surface area contributed by atoms with Crippen molar-refractivity contribution in [3.05, 3.63) is 35.5 Å². The lowest BCUT2D eigenvalue weighted by Crippen LogP contribution is -2.50. The molecule has 2 aliphatic rings. The number of likely N-dealkylation sites (N-methyl/N-ethyl adjacent to an activating group) is 1. The molecule has 1 saturated heterocycles. The summed E-state index contributed by atoms with van der Waals surface area (Å²) in [6, 6.07) is 7.14. The molecule has 11 heteroatoms. The van der Waals surface area contributed by atoms with Crippen LogP contribution in [0, 0.1) is 5.92 Å². The molecule has 1 fully saturated rings. The van der Waals surface area contributed by atoms with Crippen molar-refractivity contribution in [1.82, 2.24) is 20.5 Å². The zero-order valence-electron chi connectivity index (χ0n) is 19.2. The second-order valence-corrected chi connectivity index (χ2v) is 8.81. The molecule has 5 atom stereocenters. The molecule has 11 nitrogen and oxygen atoms in total. The summed E-state index contributed by atoms with van der Waals surface area (Å²) >= 11 is 0. The Kier molecular flexibility index (Phi) is 8.13. The molecule has 0 radical (unpaired) electrons. The summed E-state index contributed by atoms with van der Waals surface area (Å²) in [5, 5.41) is 39.8. The van der Waals surface area contributed by atoms with Gasteiger partial charge in [-0.1, -0.05) is 12.1 Å². The van der Waals surface area contributed by atoms with E-state index in [0.717, 1.165) is 25.9 Å². The zero-order valence-corrected chi connectivity index (χ0v) is 19.2. The lowest BCUT2D eigenvalue weighted by molar-refractivity contribution is -0.165. The number of aliphatic carboxylic acids is 2. The number of nitrogens with zero attached hydrogens (tertiary/aromatic N) is 1. The van der Waals surface area contributed by atoms with E-state index in [0.29, 0.717) is 24.4 Å². The normalized spacial score (nSPS) is 23.1. The third-order valence-corrected chi connectivity index (χ3v) is 6.51. The van der Waals surface area contributed by atoms with Crippen molar-refractivity contribution >= 4 is 28.9 Å². The highest BCUT2D eigenvalue weighted by atomic mass is 16.4. The third-order valence-electron chi connectivity index (χ3n) is 6.51. The van der Waals surface area contributed by atoms with Crippen molar-refractivity contribution in [2.24, 2.45) is 5.92 Å². The van der Waals surface area contributed by atoms with Crippen LogP contribution in [0.25, 0.3) is 10.9 Å². The number of H-pyrrole nitrogens is 1. The Labute approximate surface area is 196 Å². The van der Waals surface area contributed by atoms with Crippen LogP contribution in [0.5, 0.6) is 0 Å². The van der Waals surface area contributed by atoms with Gasteiger partial charge in [0.05, 0.1) is 0 Å². The number of carboxylic acids is 2. The number of aliphatic hydroxyl groups excluding tert-OH is 2. The second kappa shape index (κ2) is 10.9. The number of fused-ring (bicyclic) bond motifs is 2. The Balaban J connectivity index is 0.000000277. The maximum atomic E-state index is 11.7. The molecular weight excluding hydrogens is 444 g/mol. The number of urea groups is 1. The highest BCUT2D eigenvalue weighted by Gasteiger charge is 2.39. The van der Waals surface area contributed by atoms with Gasteiger partial charge >= 0.3 is 18.0 Å². The van der Waals surface area contributed by atoms with Crippen LogP contribution in [0.4, 0.5) is 4.79 Å². The minimum atomic E-state index is -2.27. The summed E-state index contributed by atoms with van der Waals surface area (Å²) in [5.74, 6) is -2.49. The molecular formula is C23H32N4O7. The summed E-state index contributed by atoms with van der Waals surface area (Å²) in [5.41, 5.74) is 4.19. The maximum absolute atomic E-state index is 11.7. The average molecular weight is 477 g/mol. The summed E-state index contributed by atoms with van der Waals surface area (Å²) in [7, 11) is 2.23. The van der Waals surface area contributed by atoms with Crippen LogP contribution in [-0.2, 0) is 16.0 Å². The molecule has 4 rings (SSSR count). The van der Waals surface area contributed by atoms with E-state index in [4.69, 9.17) is 20.4 Å². The van der Waals surface area contributed by atoms with Crippen molar-refractivity contribution < 1.29 is 34.8 Å². The van der Waals surface area contributed by atoms with Crippen molar-refractivity contribution in [2.75, 3.05) is 26.7 Å². The van der Waals surface area contributed by atoms with Crippen LogP contribution in [0.3, 0.4) is 0 Å². The smallest absolute Gasteiger partial charge is 0.335 e. The van der Waals surface area contributed by atoms with Crippen molar-refractivity contribution in [3.8, 4) is 0 Å². The van der Waals surface area contributed by atoms with Gasteiger partial charge in [0, 0.05) is 48.7 Å². The number of hydrogen-bond donors (Lipinski definition) is 7. The number of hydrogen-bond acceptors (Lipinski definition) is 6. The second-order valence-electron chi connectivity index (χ2n) is 8.81. The standard InChI is InChI=1S/C19H26N4O.C4H6O6/c1-3-20-19(24)22-9-12-7-15-14-5-4-6-16-18(14)13(10-21-16)8-17(15)23(2)11-12;5-1(3(7)8)2(6)4(9)10/h4-6,10,12,15,17,21H,3,7-9,11H2,1-2H3,(H2,20,22,24);1-2,5-6H,(H,7,8)(H,9,10)/t12-,15?,17+;1-,2-/m01/s1. The van der Waals surface area contributed by atoms with Gasteiger partial charge < -0.3 is 40.9 Å². The largest absolute Gasteiger partial charge is 0.479 e. The van der Waals surface area contributed by atoms with Gasteiger partial charge in [-0.05, 0) is 49.9 Å². The van der Waals surface area contributed by atoms with Gasteiger partial charge in [0.1, 0.15) is 0 Å². The SMILES string of the molecule is CCNC(=O)NC[C@@H]1CC2c3cccc4[nH]cc(c34)C[C@H]2N(C)C1.O=C(O)[C@H](O)[C@@H](O)C(=O)O. The van der Waals surface area contributed by atoms with Crippen LogP contribution in [-0.4, -0.2) is 93.2 Å². The van der Waals surface area contributed by atoms with E-state index in [1.807, 2.05) is 6.92 Å². The molecule has 34 heavy (non-hydrogen) atoms. The fourth-order valence-corrected chi connectivity index (χ4v) is 4.93. The van der Waals surface area contributed by atoms with E-state index >= 15 is 0 Å². The number of likely N-dealkylation sites (tertiary alicyclic amines) is 1. The predicted molar refractivity (Wildman–Crippen MR) is 124 cm³/mol. The maximum Gasteiger partial charge on any atom is 0.335 e. The number of nitrogens with one attached hydrogen (secondary N) is 3. The van der Waals surface area contributed by atoms with Crippen molar-refractivity contribution in [2.45, 2.75) is 43.9 Å². The van der Waals surface area contributed by atoms with Gasteiger partial charge in [-0.3, -0.25) is 0 Å². The Hall–Kier alpha value is -3.15. The summed E-state index contributed by atoms with van der Waals surface area (Å²) < 4.78 is 0. The van der Waals surface area contributed by atoms with Crippen LogP contribution >= 0.6 is 0 Å². The molecule has 1 unspecified atom stereocenters. The summed E-state index contributed by atoms with van der Waals surface area (Å²) in [4.78, 5) is 37.2. The van der Waals surface area contributed by atoms with E-state index in [1.165, 1.54) is 22.0 Å². The summed E-state index contributed by atoms with van der Waals surface area (Å²) in [6.07, 6.45) is -0.0872. The highest BCUT2D eigenvalue weighted by Crippen LogP contribution is 2.44. The van der Waals surface area contributed by atoms with E-state index in [9.17, 15) is 14.4 Å². The van der Waals surface area contributed by atoms with Crippen LogP contribution in [0.15, 0.2) is 24.4 Å². The number of carbonyl (C=O) groups excluding carboxylic acids is 1. The monoisotopic (exact) mass is 476 g/mol. The average Bonchev–Trinajstić information content (AvgIpc) is 3.22. The third kappa shape index (κ3) is 5.49. The number of piperidine rings is 1. The molecule has 186 valence electrons. The van der Waals surface area contributed by atoms with Gasteiger partial charge in [-0.2, -0.15) is 0 Å². The molecule has 2 aromatic rings. The lowest BCUT2D eigenvalue weighted by Gasteiger charge is -2.45. The molecule has 2 heterocycles. The van der Waals surface area contributed by atoms with Gasteiger partial charge in [0.2, 0.25) is 0 Å². The molecule has 2 amide bonds. The highest BCUT2D eigenvalue weighted by molar-refractivity contribution is 5.88. The molecule has 0 bridgehead atoms. The van der Waals surface area contributed by atoms with E-state index in [1.54, 1.807) is 0 Å². The summed E-state index contributed by atoms with van der Waals surface area (Å²) in [6.45, 7) is 4.40. The van der Waals surface area contributed by atoms with E-state index in [2.05, 4.69) is 52.0 Å². The van der Waals surface area contributed by atoms with E-state index in [-0.39, 0.29) is 6.03 Å². The number of aromatic amines is 1. The Morgan fingerprint density at radius 3 is 2.44 bits per heavy atom. The lowest BCUT2D eigenvalue weighted by atomic mass is 9.72. The molecule has 0 saturated carbocycles. The van der Waals surface area contributed by atoms with Crippen LogP contribution in [0.1, 0.15) is 30.4 Å². The van der Waals surface area contributed by atoms with Gasteiger partial charge in [0.25, 0.3) is 0 Å². The number of rotatable bonds is 6. The number of benzene rings is 1. The molecule has 0 spiro atoms. The van der Waals surface area contributed by atoms with Crippen LogP contribution < -0.4 is 10.6 Å². The Morgan fingerprint density at radius 2 is 1.82 bits per heavy atom. The minimum absolute atomic E-state index is 0.0547. The number of aliphatic hydroxyl groups is 2. The first-order chi connectivity index (χ1) is 16.1. The number of carboxylic acid groups (broad SMARTS) is 2. The van der Waals surface area contributed by atoms with Gasteiger partial charge in [0.15, 0.2) is 12.2 Å². The predicted octanol–water partition coefficient (Wildman–Crippen LogP) is 0.324. The fourth-order valence-electron chi connectivity index (χ4n) is 4.93. The molecule has 1 aromatic carbocycles. The van der Waals surface area contributed by atoms with Gasteiger partial charge in [-0.25, -0.2) is 14.4 Å². The van der Waals surface area contributed by atoms with Crippen molar-refractivity contribution in [3.63, 3.8) is 0 Å². The Bertz CT molecular complexity index is 1020. The molecule has 1 aliphatic heterocycles. The Morgan fingerprint density at radius 1 is 1.15 bits per heavy atom. The van der Waals surface area contributed by atoms with Crippen LogP contribution in [0.2, 0.25) is 0 Å². The number of carbonyl (C=O) groups is 3. The quantitative estimate of drug-likeness (QED) is 0.312. The zero-order chi connectivity index (χ0) is 25.0. The molecule has 1 aromatic heterocycles. The first-order valence-electron chi connectivity index (χ1n) is 11.3. The van der Waals surface area contributed by atoms with Crippen molar-refractivity contribution in [1.29, 1.82) is 0 Å². The van der Waals surface area contributed by atoms with E-state index < -0.39 is 24.1 Å².